The molecule has 0 bridgehead atoms. The second-order valence-electron chi connectivity index (χ2n) is 8.29. The van der Waals surface area contributed by atoms with Crippen LogP contribution in [0.15, 0.2) is 59.6 Å². The highest BCUT2D eigenvalue weighted by molar-refractivity contribution is 7.89. The molecule has 0 radical (unpaired) electrons. The number of hydrogen-bond acceptors (Lipinski definition) is 3. The van der Waals surface area contributed by atoms with Crippen LogP contribution in [0.3, 0.4) is 0 Å². The molecule has 0 unspecified atom stereocenters. The van der Waals surface area contributed by atoms with Gasteiger partial charge in [0.25, 0.3) is 0 Å². The quantitative estimate of drug-likeness (QED) is 0.631. The number of nitrogens with one attached hydrogen (secondary N) is 1. The lowest BCUT2D eigenvalue weighted by Crippen LogP contribution is -2.35. The van der Waals surface area contributed by atoms with Gasteiger partial charge in [-0.05, 0) is 56.5 Å². The van der Waals surface area contributed by atoms with Crippen LogP contribution in [0.2, 0.25) is 0 Å². The van der Waals surface area contributed by atoms with Gasteiger partial charge in [0.15, 0.2) is 0 Å². The summed E-state index contributed by atoms with van der Waals surface area (Å²) in [5, 5.41) is 3.81. The number of aryl methyl sites for hydroxylation is 1. The van der Waals surface area contributed by atoms with E-state index in [2.05, 4.69) is 11.4 Å². The Kier molecular flexibility index (Phi) is 6.16. The van der Waals surface area contributed by atoms with Crippen LogP contribution in [0.4, 0.5) is 0 Å². The van der Waals surface area contributed by atoms with Gasteiger partial charge in [-0.2, -0.15) is 4.31 Å². The Morgan fingerprint density at radius 3 is 2.58 bits per heavy atom. The Morgan fingerprint density at radius 2 is 1.84 bits per heavy atom. The Balaban J connectivity index is 1.51. The number of rotatable bonds is 6. The van der Waals surface area contributed by atoms with Gasteiger partial charge in [-0.15, -0.1) is 0 Å². The maximum absolute atomic E-state index is 13.0. The summed E-state index contributed by atoms with van der Waals surface area (Å²) >= 11 is 0. The standard InChI is InChI=1S/C24H29N3O3S/c1-18-7-6-8-20(15-18)17-25-24(28)19(2)27-14-11-21-16-22(9-10-23(21)27)31(29,30)26-12-4-3-5-13-26/h6-11,14-16,19H,3-5,12-13,17H2,1-2H3,(H,25,28)/t19-/m0/s1. The average Bonchev–Trinajstić information content (AvgIpc) is 3.21. The monoisotopic (exact) mass is 439 g/mol. The van der Waals surface area contributed by atoms with Crippen LogP contribution in [-0.4, -0.2) is 36.3 Å². The molecule has 2 heterocycles. The normalized spacial score (nSPS) is 16.3. The molecule has 1 amide bonds. The Hall–Kier alpha value is -2.64. The number of benzene rings is 2. The summed E-state index contributed by atoms with van der Waals surface area (Å²) < 4.78 is 29.4. The average molecular weight is 440 g/mol. The molecule has 3 aromatic rings. The topological polar surface area (TPSA) is 71.4 Å². The molecule has 1 N–H and O–H groups in total. The van der Waals surface area contributed by atoms with Gasteiger partial charge in [-0.1, -0.05) is 36.2 Å². The molecule has 1 aliphatic heterocycles. The lowest BCUT2D eigenvalue weighted by molar-refractivity contribution is -0.123. The molecule has 7 heteroatoms. The molecule has 0 aliphatic carbocycles. The highest BCUT2D eigenvalue weighted by Gasteiger charge is 2.26. The number of aromatic nitrogens is 1. The smallest absolute Gasteiger partial charge is 0.243 e. The summed E-state index contributed by atoms with van der Waals surface area (Å²) in [7, 11) is -3.48. The van der Waals surface area contributed by atoms with Gasteiger partial charge in [0, 0.05) is 36.7 Å². The molecular weight excluding hydrogens is 410 g/mol. The Morgan fingerprint density at radius 1 is 1.06 bits per heavy atom. The van der Waals surface area contributed by atoms with Crippen molar-refractivity contribution in [2.24, 2.45) is 0 Å². The van der Waals surface area contributed by atoms with E-state index in [9.17, 15) is 13.2 Å². The van der Waals surface area contributed by atoms with Crippen LogP contribution >= 0.6 is 0 Å². The van der Waals surface area contributed by atoms with Crippen molar-refractivity contribution in [2.75, 3.05) is 13.1 Å². The molecule has 4 rings (SSSR count). The van der Waals surface area contributed by atoms with E-state index in [1.54, 1.807) is 22.5 Å². The highest BCUT2D eigenvalue weighted by atomic mass is 32.2. The highest BCUT2D eigenvalue weighted by Crippen LogP contribution is 2.26. The van der Waals surface area contributed by atoms with E-state index in [4.69, 9.17) is 0 Å². The van der Waals surface area contributed by atoms with Crippen molar-refractivity contribution in [2.45, 2.75) is 50.6 Å². The molecule has 2 aromatic carbocycles. The van der Waals surface area contributed by atoms with Crippen molar-refractivity contribution < 1.29 is 13.2 Å². The maximum Gasteiger partial charge on any atom is 0.243 e. The third-order valence-electron chi connectivity index (χ3n) is 5.99. The third-order valence-corrected chi connectivity index (χ3v) is 7.89. The van der Waals surface area contributed by atoms with Crippen LogP contribution < -0.4 is 5.32 Å². The summed E-state index contributed by atoms with van der Waals surface area (Å²) in [6.45, 7) is 5.52. The number of amides is 1. The van der Waals surface area contributed by atoms with E-state index in [1.165, 1.54) is 0 Å². The van der Waals surface area contributed by atoms with Crippen LogP contribution in [-0.2, 0) is 21.4 Å². The number of fused-ring (bicyclic) bond motifs is 1. The number of hydrogen-bond donors (Lipinski definition) is 1. The summed E-state index contributed by atoms with van der Waals surface area (Å²) in [6, 6.07) is 14.7. The minimum atomic E-state index is -3.48. The third kappa shape index (κ3) is 4.52. The van der Waals surface area contributed by atoms with Crippen molar-refractivity contribution in [3.05, 3.63) is 65.9 Å². The van der Waals surface area contributed by atoms with E-state index < -0.39 is 16.1 Å². The summed E-state index contributed by atoms with van der Waals surface area (Å²) in [6.07, 6.45) is 4.75. The van der Waals surface area contributed by atoms with Gasteiger partial charge in [0.1, 0.15) is 6.04 Å². The molecule has 164 valence electrons. The molecule has 31 heavy (non-hydrogen) atoms. The molecular formula is C24H29N3O3S. The largest absolute Gasteiger partial charge is 0.350 e. The predicted octanol–water partition coefficient (Wildman–Crippen LogP) is 4.00. The fourth-order valence-electron chi connectivity index (χ4n) is 4.18. The molecule has 1 atom stereocenters. The van der Waals surface area contributed by atoms with Crippen molar-refractivity contribution >= 4 is 26.8 Å². The van der Waals surface area contributed by atoms with E-state index in [-0.39, 0.29) is 5.91 Å². The summed E-state index contributed by atoms with van der Waals surface area (Å²) in [5.41, 5.74) is 3.06. The number of carbonyl (C=O) groups is 1. The van der Waals surface area contributed by atoms with Gasteiger partial charge >= 0.3 is 0 Å². The zero-order valence-electron chi connectivity index (χ0n) is 18.0. The van der Waals surface area contributed by atoms with Gasteiger partial charge in [-0.3, -0.25) is 4.79 Å². The SMILES string of the molecule is Cc1cccc(CNC(=O)[C@H](C)n2ccc3cc(S(=O)(=O)N4CCCCC4)ccc32)c1. The van der Waals surface area contributed by atoms with Crippen LogP contribution in [0.1, 0.15) is 43.4 Å². The summed E-state index contributed by atoms with van der Waals surface area (Å²) in [5.74, 6) is -0.0796. The van der Waals surface area contributed by atoms with Gasteiger partial charge in [-0.25, -0.2) is 8.42 Å². The summed E-state index contributed by atoms with van der Waals surface area (Å²) in [4.78, 5) is 13.1. The molecule has 0 saturated carbocycles. The lowest BCUT2D eigenvalue weighted by Gasteiger charge is -2.26. The van der Waals surface area contributed by atoms with Crippen molar-refractivity contribution in [3.8, 4) is 0 Å². The van der Waals surface area contributed by atoms with Crippen molar-refractivity contribution in [1.82, 2.24) is 14.2 Å². The zero-order chi connectivity index (χ0) is 22.0. The van der Waals surface area contributed by atoms with Gasteiger partial charge in [0.05, 0.1) is 4.90 Å². The number of sulfonamides is 1. The minimum Gasteiger partial charge on any atom is -0.350 e. The van der Waals surface area contributed by atoms with E-state index in [1.807, 2.05) is 48.9 Å². The molecule has 6 nitrogen and oxygen atoms in total. The van der Waals surface area contributed by atoms with E-state index in [0.29, 0.717) is 24.5 Å². The van der Waals surface area contributed by atoms with E-state index >= 15 is 0 Å². The van der Waals surface area contributed by atoms with E-state index in [0.717, 1.165) is 41.3 Å². The first-order valence-corrected chi connectivity index (χ1v) is 12.2. The van der Waals surface area contributed by atoms with Gasteiger partial charge in [0.2, 0.25) is 15.9 Å². The Labute approximate surface area is 183 Å². The second kappa shape index (κ2) is 8.85. The van der Waals surface area contributed by atoms with Gasteiger partial charge < -0.3 is 9.88 Å². The fraction of sp³-hybridized carbons (Fsp3) is 0.375. The zero-order valence-corrected chi connectivity index (χ0v) is 18.9. The molecule has 1 aliphatic rings. The molecule has 0 spiro atoms. The number of piperidine rings is 1. The first-order chi connectivity index (χ1) is 14.9. The first-order valence-electron chi connectivity index (χ1n) is 10.8. The molecule has 1 aromatic heterocycles. The molecule has 1 saturated heterocycles. The maximum atomic E-state index is 13.0. The number of carbonyl (C=O) groups excluding carboxylic acids is 1. The second-order valence-corrected chi connectivity index (χ2v) is 10.2. The Bertz CT molecular complexity index is 1190. The molecule has 1 fully saturated rings. The van der Waals surface area contributed by atoms with Crippen LogP contribution in [0.25, 0.3) is 10.9 Å². The fourth-order valence-corrected chi connectivity index (χ4v) is 5.73. The lowest BCUT2D eigenvalue weighted by atomic mass is 10.1. The number of nitrogens with zero attached hydrogens (tertiary/aromatic N) is 2. The first kappa shape index (κ1) is 21.6. The van der Waals surface area contributed by atoms with Crippen molar-refractivity contribution in [1.29, 1.82) is 0 Å². The van der Waals surface area contributed by atoms with Crippen molar-refractivity contribution in [3.63, 3.8) is 0 Å². The van der Waals surface area contributed by atoms with Crippen LogP contribution in [0, 0.1) is 6.92 Å². The van der Waals surface area contributed by atoms with Crippen LogP contribution in [0.5, 0.6) is 0 Å². The predicted molar refractivity (Wildman–Crippen MR) is 122 cm³/mol. The minimum absolute atomic E-state index is 0.0796.